The highest BCUT2D eigenvalue weighted by molar-refractivity contribution is 5.78. The van der Waals surface area contributed by atoms with Gasteiger partial charge < -0.3 is 10.2 Å². The fourth-order valence-corrected chi connectivity index (χ4v) is 2.42. The maximum absolute atomic E-state index is 11.7. The van der Waals surface area contributed by atoms with Gasteiger partial charge >= 0.3 is 0 Å². The Hall–Kier alpha value is -1.39. The molecule has 4 heteroatoms. The molecule has 4 nitrogen and oxygen atoms in total. The van der Waals surface area contributed by atoms with E-state index in [1.165, 1.54) is 5.56 Å². The van der Waals surface area contributed by atoms with Crippen molar-refractivity contribution < 1.29 is 4.79 Å². The van der Waals surface area contributed by atoms with Gasteiger partial charge in [0.05, 0.1) is 6.54 Å². The highest BCUT2D eigenvalue weighted by atomic mass is 16.2. The zero-order chi connectivity index (χ0) is 13.5. The molecule has 1 fully saturated rings. The molecule has 0 unspecified atom stereocenters. The standard InChI is InChI=1S/C15H23N3O/c1-16-13-15(19)18-11-9-17(10-12-18)8-7-14-5-3-2-4-6-14/h2-6,16H,7-13H2,1H3. The molecular weight excluding hydrogens is 238 g/mol. The van der Waals surface area contributed by atoms with Crippen molar-refractivity contribution in [1.29, 1.82) is 0 Å². The summed E-state index contributed by atoms with van der Waals surface area (Å²) in [4.78, 5) is 16.1. The summed E-state index contributed by atoms with van der Waals surface area (Å²) in [5.41, 5.74) is 1.39. The molecule has 1 aliphatic rings. The first-order valence-electron chi connectivity index (χ1n) is 6.98. The predicted octanol–water partition coefficient (Wildman–Crippen LogP) is 0.593. The summed E-state index contributed by atoms with van der Waals surface area (Å²) in [6.45, 7) is 5.22. The van der Waals surface area contributed by atoms with Gasteiger partial charge in [0.15, 0.2) is 0 Å². The molecule has 1 heterocycles. The smallest absolute Gasteiger partial charge is 0.236 e. The third-order valence-electron chi connectivity index (χ3n) is 3.61. The Morgan fingerprint density at radius 2 is 1.84 bits per heavy atom. The molecule has 1 aliphatic heterocycles. The van der Waals surface area contributed by atoms with Crippen LogP contribution in [0.3, 0.4) is 0 Å². The number of amides is 1. The Morgan fingerprint density at radius 3 is 2.47 bits per heavy atom. The molecule has 1 aromatic rings. The van der Waals surface area contributed by atoms with Gasteiger partial charge in [0.1, 0.15) is 0 Å². The number of carbonyl (C=O) groups excluding carboxylic acids is 1. The minimum absolute atomic E-state index is 0.213. The van der Waals surface area contributed by atoms with Crippen molar-refractivity contribution in [3.05, 3.63) is 35.9 Å². The number of likely N-dealkylation sites (N-methyl/N-ethyl adjacent to an activating group) is 1. The van der Waals surface area contributed by atoms with Crippen LogP contribution < -0.4 is 5.32 Å². The van der Waals surface area contributed by atoms with Gasteiger partial charge in [-0.15, -0.1) is 0 Å². The molecule has 1 aromatic carbocycles. The molecule has 1 saturated heterocycles. The number of benzene rings is 1. The van der Waals surface area contributed by atoms with E-state index in [0.29, 0.717) is 6.54 Å². The summed E-state index contributed by atoms with van der Waals surface area (Å²) < 4.78 is 0. The van der Waals surface area contributed by atoms with Crippen LogP contribution >= 0.6 is 0 Å². The van der Waals surface area contributed by atoms with E-state index in [9.17, 15) is 4.79 Å². The van der Waals surface area contributed by atoms with Crippen LogP contribution in [-0.4, -0.2) is 62.0 Å². The van der Waals surface area contributed by atoms with Crippen LogP contribution in [0, 0.1) is 0 Å². The third kappa shape index (κ3) is 4.33. The van der Waals surface area contributed by atoms with Crippen LogP contribution in [0.15, 0.2) is 30.3 Å². The monoisotopic (exact) mass is 261 g/mol. The zero-order valence-corrected chi connectivity index (χ0v) is 11.6. The molecule has 0 saturated carbocycles. The summed E-state index contributed by atoms with van der Waals surface area (Å²) in [5.74, 6) is 0.213. The number of rotatable bonds is 5. The van der Waals surface area contributed by atoms with Crippen LogP contribution in [0.5, 0.6) is 0 Å². The van der Waals surface area contributed by atoms with Crippen molar-refractivity contribution >= 4 is 5.91 Å². The van der Waals surface area contributed by atoms with Crippen LogP contribution in [-0.2, 0) is 11.2 Å². The Morgan fingerprint density at radius 1 is 1.16 bits per heavy atom. The molecule has 0 aromatic heterocycles. The molecule has 104 valence electrons. The predicted molar refractivity (Wildman–Crippen MR) is 77.1 cm³/mol. The molecule has 0 radical (unpaired) electrons. The van der Waals surface area contributed by atoms with Gasteiger partial charge in [-0.1, -0.05) is 30.3 Å². The highest BCUT2D eigenvalue weighted by Crippen LogP contribution is 2.05. The first-order chi connectivity index (χ1) is 9.29. The van der Waals surface area contributed by atoms with Gasteiger partial charge in [-0.25, -0.2) is 0 Å². The number of hydrogen-bond acceptors (Lipinski definition) is 3. The lowest BCUT2D eigenvalue weighted by Crippen LogP contribution is -2.50. The number of nitrogens with one attached hydrogen (secondary N) is 1. The molecule has 0 aliphatic carbocycles. The lowest BCUT2D eigenvalue weighted by atomic mass is 10.1. The van der Waals surface area contributed by atoms with E-state index in [0.717, 1.165) is 39.1 Å². The maximum atomic E-state index is 11.7. The SMILES string of the molecule is CNCC(=O)N1CCN(CCc2ccccc2)CC1. The lowest BCUT2D eigenvalue weighted by molar-refractivity contribution is -0.131. The van der Waals surface area contributed by atoms with Crippen molar-refractivity contribution in [2.75, 3.05) is 46.3 Å². The van der Waals surface area contributed by atoms with Crippen molar-refractivity contribution in [3.63, 3.8) is 0 Å². The Balaban J connectivity index is 1.70. The summed E-state index contributed by atoms with van der Waals surface area (Å²) in [7, 11) is 1.81. The first kappa shape index (κ1) is 14.0. The molecule has 2 rings (SSSR count). The third-order valence-corrected chi connectivity index (χ3v) is 3.61. The van der Waals surface area contributed by atoms with Crippen molar-refractivity contribution in [1.82, 2.24) is 15.1 Å². The molecule has 1 amide bonds. The second kappa shape index (κ2) is 7.26. The van der Waals surface area contributed by atoms with Crippen LogP contribution in [0.25, 0.3) is 0 Å². The summed E-state index contributed by atoms with van der Waals surface area (Å²) >= 11 is 0. The van der Waals surface area contributed by atoms with Gasteiger partial charge in [0, 0.05) is 32.7 Å². The molecule has 19 heavy (non-hydrogen) atoms. The molecule has 0 atom stereocenters. The summed E-state index contributed by atoms with van der Waals surface area (Å²) in [6.07, 6.45) is 1.09. The average molecular weight is 261 g/mol. The molecule has 0 spiro atoms. The fourth-order valence-electron chi connectivity index (χ4n) is 2.42. The van der Waals surface area contributed by atoms with E-state index in [4.69, 9.17) is 0 Å². The largest absolute Gasteiger partial charge is 0.339 e. The summed E-state index contributed by atoms with van der Waals surface area (Å²) in [6, 6.07) is 10.6. The van der Waals surface area contributed by atoms with E-state index in [1.54, 1.807) is 0 Å². The minimum atomic E-state index is 0.213. The highest BCUT2D eigenvalue weighted by Gasteiger charge is 2.19. The number of piperazine rings is 1. The quantitative estimate of drug-likeness (QED) is 0.843. The minimum Gasteiger partial charge on any atom is -0.339 e. The normalized spacial score (nSPS) is 16.6. The topological polar surface area (TPSA) is 35.6 Å². The Kier molecular flexibility index (Phi) is 5.36. The van der Waals surface area contributed by atoms with E-state index in [-0.39, 0.29) is 5.91 Å². The van der Waals surface area contributed by atoms with Gasteiger partial charge in [0.25, 0.3) is 0 Å². The Labute approximate surface area is 115 Å². The second-order valence-corrected chi connectivity index (χ2v) is 4.99. The van der Waals surface area contributed by atoms with Crippen molar-refractivity contribution in [3.8, 4) is 0 Å². The van der Waals surface area contributed by atoms with Crippen LogP contribution in [0.1, 0.15) is 5.56 Å². The van der Waals surface area contributed by atoms with Crippen LogP contribution in [0.2, 0.25) is 0 Å². The lowest BCUT2D eigenvalue weighted by Gasteiger charge is -2.34. The van der Waals surface area contributed by atoms with E-state index in [1.807, 2.05) is 11.9 Å². The van der Waals surface area contributed by atoms with Gasteiger partial charge in [0.2, 0.25) is 5.91 Å². The van der Waals surface area contributed by atoms with Gasteiger partial charge in [-0.3, -0.25) is 9.69 Å². The fraction of sp³-hybridized carbons (Fsp3) is 0.533. The van der Waals surface area contributed by atoms with Gasteiger partial charge in [-0.05, 0) is 19.0 Å². The second-order valence-electron chi connectivity index (χ2n) is 4.99. The number of hydrogen-bond donors (Lipinski definition) is 1. The average Bonchev–Trinajstić information content (AvgIpc) is 2.47. The van der Waals surface area contributed by atoms with Gasteiger partial charge in [-0.2, -0.15) is 0 Å². The summed E-state index contributed by atoms with van der Waals surface area (Å²) in [5, 5.41) is 2.92. The van der Waals surface area contributed by atoms with E-state index >= 15 is 0 Å². The van der Waals surface area contributed by atoms with E-state index < -0.39 is 0 Å². The molecule has 0 bridgehead atoms. The molecule has 1 N–H and O–H groups in total. The number of nitrogens with zero attached hydrogens (tertiary/aromatic N) is 2. The molecular formula is C15H23N3O. The van der Waals surface area contributed by atoms with Crippen molar-refractivity contribution in [2.24, 2.45) is 0 Å². The maximum Gasteiger partial charge on any atom is 0.236 e. The Bertz CT molecular complexity index is 386. The van der Waals surface area contributed by atoms with E-state index in [2.05, 4.69) is 40.5 Å². The van der Waals surface area contributed by atoms with Crippen molar-refractivity contribution in [2.45, 2.75) is 6.42 Å². The zero-order valence-electron chi connectivity index (χ0n) is 11.6. The van der Waals surface area contributed by atoms with Crippen LogP contribution in [0.4, 0.5) is 0 Å². The first-order valence-corrected chi connectivity index (χ1v) is 6.98. The number of carbonyl (C=O) groups is 1.